The first kappa shape index (κ1) is 18.9. The molecule has 0 aliphatic carbocycles. The second kappa shape index (κ2) is 7.91. The van der Waals surface area contributed by atoms with Crippen molar-refractivity contribution >= 4 is 11.4 Å². The Balaban J connectivity index is 1.76. The van der Waals surface area contributed by atoms with Crippen LogP contribution in [-0.4, -0.2) is 19.9 Å². The van der Waals surface area contributed by atoms with E-state index in [0.29, 0.717) is 23.6 Å². The minimum Gasteiger partial charge on any atom is -0.493 e. The third-order valence-electron chi connectivity index (χ3n) is 4.95. The zero-order valence-corrected chi connectivity index (χ0v) is 16.1. The van der Waals surface area contributed by atoms with Crippen LogP contribution < -0.4 is 14.5 Å². The molecule has 0 bridgehead atoms. The molecule has 4 nitrogen and oxygen atoms in total. The minimum atomic E-state index is -0.334. The molecule has 0 N–H and O–H groups in total. The summed E-state index contributed by atoms with van der Waals surface area (Å²) in [5, 5.41) is 6.54. The monoisotopic (exact) mass is 394 g/mol. The second-order valence-corrected chi connectivity index (χ2v) is 6.71. The first-order valence-electron chi connectivity index (χ1n) is 9.19. The lowest BCUT2D eigenvalue weighted by Crippen LogP contribution is -2.18. The SMILES string of the molecule is COc1ccc(C2CC(c3ccc(F)cc3)=NN2c2cccc(F)c2)cc1OC. The van der Waals surface area contributed by atoms with Gasteiger partial charge in [0.15, 0.2) is 11.5 Å². The molecule has 0 saturated carbocycles. The van der Waals surface area contributed by atoms with Crippen molar-refractivity contribution in [2.75, 3.05) is 19.2 Å². The van der Waals surface area contributed by atoms with Gasteiger partial charge in [-0.3, -0.25) is 5.01 Å². The predicted octanol–water partition coefficient (Wildman–Crippen LogP) is 5.34. The lowest BCUT2D eigenvalue weighted by molar-refractivity contribution is 0.354. The molecule has 1 heterocycles. The minimum absolute atomic E-state index is 0.170. The Morgan fingerprint density at radius 3 is 2.31 bits per heavy atom. The predicted molar refractivity (Wildman–Crippen MR) is 109 cm³/mol. The Kier molecular flexibility index (Phi) is 5.16. The molecule has 0 spiro atoms. The van der Waals surface area contributed by atoms with Crippen molar-refractivity contribution < 1.29 is 18.3 Å². The number of benzene rings is 3. The number of hydrazone groups is 1. The highest BCUT2D eigenvalue weighted by atomic mass is 19.1. The van der Waals surface area contributed by atoms with Crippen molar-refractivity contribution in [2.45, 2.75) is 12.5 Å². The van der Waals surface area contributed by atoms with E-state index in [-0.39, 0.29) is 17.7 Å². The highest BCUT2D eigenvalue weighted by Gasteiger charge is 2.30. The van der Waals surface area contributed by atoms with Gasteiger partial charge in [-0.25, -0.2) is 8.78 Å². The van der Waals surface area contributed by atoms with Crippen molar-refractivity contribution in [2.24, 2.45) is 5.10 Å². The molecule has 1 aliphatic rings. The zero-order valence-electron chi connectivity index (χ0n) is 16.1. The smallest absolute Gasteiger partial charge is 0.161 e. The van der Waals surface area contributed by atoms with Crippen LogP contribution in [0.25, 0.3) is 0 Å². The summed E-state index contributed by atoms with van der Waals surface area (Å²) in [4.78, 5) is 0. The standard InChI is InChI=1S/C23H20F2N2O2/c1-28-22-11-8-16(12-23(22)29-2)21-14-20(15-6-9-17(24)10-7-15)26-27(21)19-5-3-4-18(25)13-19/h3-13,21H,14H2,1-2H3. The Labute approximate surface area is 168 Å². The molecule has 148 valence electrons. The van der Waals surface area contributed by atoms with Crippen LogP contribution in [0, 0.1) is 11.6 Å². The number of anilines is 1. The summed E-state index contributed by atoms with van der Waals surface area (Å²) in [7, 11) is 3.17. The molecular weight excluding hydrogens is 374 g/mol. The third kappa shape index (κ3) is 3.78. The van der Waals surface area contributed by atoms with Gasteiger partial charge < -0.3 is 9.47 Å². The van der Waals surface area contributed by atoms with Gasteiger partial charge in [-0.15, -0.1) is 0 Å². The third-order valence-corrected chi connectivity index (χ3v) is 4.95. The molecule has 3 aromatic rings. The van der Waals surface area contributed by atoms with Gasteiger partial charge in [0.25, 0.3) is 0 Å². The van der Waals surface area contributed by atoms with Gasteiger partial charge in [-0.1, -0.05) is 24.3 Å². The van der Waals surface area contributed by atoms with Crippen molar-refractivity contribution in [3.05, 3.63) is 89.5 Å². The lowest BCUT2D eigenvalue weighted by Gasteiger charge is -2.24. The first-order valence-corrected chi connectivity index (χ1v) is 9.19. The average Bonchev–Trinajstić information content (AvgIpc) is 3.19. The van der Waals surface area contributed by atoms with E-state index >= 15 is 0 Å². The molecule has 1 unspecified atom stereocenters. The fourth-order valence-electron chi connectivity index (χ4n) is 3.50. The van der Waals surface area contributed by atoms with Crippen LogP contribution in [0.3, 0.4) is 0 Å². The highest BCUT2D eigenvalue weighted by Crippen LogP contribution is 2.39. The summed E-state index contributed by atoms with van der Waals surface area (Å²) in [5.74, 6) is 0.607. The van der Waals surface area contributed by atoms with E-state index in [4.69, 9.17) is 14.6 Å². The summed E-state index contributed by atoms with van der Waals surface area (Å²) in [6.45, 7) is 0. The van der Waals surface area contributed by atoms with Gasteiger partial charge >= 0.3 is 0 Å². The molecule has 1 aliphatic heterocycles. The molecule has 3 aromatic carbocycles. The van der Waals surface area contributed by atoms with E-state index in [9.17, 15) is 8.78 Å². The van der Waals surface area contributed by atoms with E-state index in [0.717, 1.165) is 16.8 Å². The maximum Gasteiger partial charge on any atom is 0.161 e. The van der Waals surface area contributed by atoms with Crippen molar-refractivity contribution in [1.82, 2.24) is 0 Å². The molecule has 6 heteroatoms. The Morgan fingerprint density at radius 1 is 0.862 bits per heavy atom. The van der Waals surface area contributed by atoms with Crippen LogP contribution in [0.2, 0.25) is 0 Å². The van der Waals surface area contributed by atoms with Crippen LogP contribution in [0.1, 0.15) is 23.6 Å². The van der Waals surface area contributed by atoms with E-state index in [1.165, 1.54) is 24.3 Å². The molecule has 0 radical (unpaired) electrons. The number of hydrogen-bond acceptors (Lipinski definition) is 4. The summed E-state index contributed by atoms with van der Waals surface area (Å²) >= 11 is 0. The quantitative estimate of drug-likeness (QED) is 0.586. The van der Waals surface area contributed by atoms with Gasteiger partial charge in [0.05, 0.1) is 31.7 Å². The van der Waals surface area contributed by atoms with Gasteiger partial charge in [0.1, 0.15) is 11.6 Å². The molecule has 0 aromatic heterocycles. The van der Waals surface area contributed by atoms with Gasteiger partial charge in [-0.05, 0) is 53.6 Å². The summed E-state index contributed by atoms with van der Waals surface area (Å²) in [6.07, 6.45) is 0.581. The van der Waals surface area contributed by atoms with Gasteiger partial charge in [-0.2, -0.15) is 5.10 Å². The molecular formula is C23H20F2N2O2. The number of hydrogen-bond donors (Lipinski definition) is 0. The van der Waals surface area contributed by atoms with Gasteiger partial charge in [0.2, 0.25) is 0 Å². The molecule has 0 amide bonds. The largest absolute Gasteiger partial charge is 0.493 e. The maximum absolute atomic E-state index is 13.9. The van der Waals surface area contributed by atoms with Gasteiger partial charge in [0, 0.05) is 6.42 Å². The van der Waals surface area contributed by atoms with E-state index in [2.05, 4.69) is 0 Å². The zero-order chi connectivity index (χ0) is 20.4. The Morgan fingerprint density at radius 2 is 1.62 bits per heavy atom. The van der Waals surface area contributed by atoms with E-state index in [1.54, 1.807) is 37.4 Å². The molecule has 29 heavy (non-hydrogen) atoms. The normalized spacial score (nSPS) is 15.9. The van der Waals surface area contributed by atoms with Crippen molar-refractivity contribution in [3.8, 4) is 11.5 Å². The van der Waals surface area contributed by atoms with Crippen LogP contribution >= 0.6 is 0 Å². The van der Waals surface area contributed by atoms with Crippen LogP contribution in [0.4, 0.5) is 14.5 Å². The lowest BCUT2D eigenvalue weighted by atomic mass is 9.97. The maximum atomic E-state index is 13.9. The Bertz CT molecular complexity index is 1050. The highest BCUT2D eigenvalue weighted by molar-refractivity contribution is 6.03. The van der Waals surface area contributed by atoms with Crippen LogP contribution in [0.5, 0.6) is 11.5 Å². The molecule has 0 saturated heterocycles. The fourth-order valence-corrected chi connectivity index (χ4v) is 3.50. The number of methoxy groups -OCH3 is 2. The summed E-state index contributed by atoms with van der Waals surface area (Å²) in [5.41, 5.74) is 3.22. The fraction of sp³-hybridized carbons (Fsp3) is 0.174. The average molecular weight is 394 g/mol. The van der Waals surface area contributed by atoms with E-state index < -0.39 is 0 Å². The summed E-state index contributed by atoms with van der Waals surface area (Å²) < 4.78 is 38.0. The van der Waals surface area contributed by atoms with E-state index in [1.807, 2.05) is 24.3 Å². The molecule has 0 fully saturated rings. The van der Waals surface area contributed by atoms with Crippen LogP contribution in [-0.2, 0) is 0 Å². The first-order chi connectivity index (χ1) is 14.1. The number of rotatable bonds is 5. The number of halogens is 2. The molecule has 4 rings (SSSR count). The van der Waals surface area contributed by atoms with Crippen molar-refractivity contribution in [3.63, 3.8) is 0 Å². The topological polar surface area (TPSA) is 34.1 Å². The summed E-state index contributed by atoms with van der Waals surface area (Å²) in [6, 6.07) is 18.1. The van der Waals surface area contributed by atoms with Crippen LogP contribution in [0.15, 0.2) is 71.8 Å². The Hall–Kier alpha value is -3.41. The number of nitrogens with zero attached hydrogens (tertiary/aromatic N) is 2. The number of ether oxygens (including phenoxy) is 2. The second-order valence-electron chi connectivity index (χ2n) is 6.71. The molecule has 1 atom stereocenters. The van der Waals surface area contributed by atoms with Crippen molar-refractivity contribution in [1.29, 1.82) is 0 Å².